The van der Waals surface area contributed by atoms with E-state index in [0.717, 1.165) is 18.8 Å². The van der Waals surface area contributed by atoms with Crippen LogP contribution in [-0.4, -0.2) is 68.2 Å². The van der Waals surface area contributed by atoms with E-state index in [1.165, 1.54) is 4.31 Å². The average Bonchev–Trinajstić information content (AvgIpc) is 3.30. The second-order valence-electron chi connectivity index (χ2n) is 8.47. The molecule has 1 aromatic carbocycles. The Hall–Kier alpha value is -2.50. The maximum atomic E-state index is 13.1. The first-order valence-electron chi connectivity index (χ1n) is 11.9. The van der Waals surface area contributed by atoms with Gasteiger partial charge in [-0.25, -0.2) is 8.42 Å². The van der Waals surface area contributed by atoms with Crippen LogP contribution >= 0.6 is 0 Å². The minimum Gasteiger partial charge on any atom is -0.379 e. The molecule has 0 atom stereocenters. The summed E-state index contributed by atoms with van der Waals surface area (Å²) in [5, 5.41) is 6.87. The summed E-state index contributed by atoms with van der Waals surface area (Å²) in [5.41, 5.74) is 1.28. The van der Waals surface area contributed by atoms with E-state index in [-0.39, 0.29) is 23.1 Å². The standard InChI is InChI=1S/C23H35N5O5S/c1-5-27(6-2)20-11-10-18(34(30,31)28-12-14-32-15-13-28)16-19(20)24-21(29)8-7-9-22-25-23(17(3)4)26-33-22/h10-11,16-17H,5-9,12-15H2,1-4H3,(H,24,29). The van der Waals surface area contributed by atoms with Gasteiger partial charge in [0.2, 0.25) is 21.8 Å². The van der Waals surface area contributed by atoms with Crippen molar-refractivity contribution in [1.29, 1.82) is 0 Å². The lowest BCUT2D eigenvalue weighted by Gasteiger charge is -2.28. The largest absolute Gasteiger partial charge is 0.379 e. The van der Waals surface area contributed by atoms with E-state index >= 15 is 0 Å². The number of ether oxygens (including phenoxy) is 1. The van der Waals surface area contributed by atoms with E-state index in [2.05, 4.69) is 20.4 Å². The first-order valence-corrected chi connectivity index (χ1v) is 13.3. The van der Waals surface area contributed by atoms with Gasteiger partial charge in [0.15, 0.2) is 5.82 Å². The highest BCUT2D eigenvalue weighted by Crippen LogP contribution is 2.31. The minimum absolute atomic E-state index is 0.160. The minimum atomic E-state index is -3.68. The number of aryl methyl sites for hydroxylation is 1. The quantitative estimate of drug-likeness (QED) is 0.508. The summed E-state index contributed by atoms with van der Waals surface area (Å²) in [6, 6.07) is 4.93. The first kappa shape index (κ1) is 26.1. The lowest BCUT2D eigenvalue weighted by molar-refractivity contribution is -0.116. The van der Waals surface area contributed by atoms with E-state index in [9.17, 15) is 13.2 Å². The highest BCUT2D eigenvalue weighted by Gasteiger charge is 2.27. The predicted octanol–water partition coefficient (Wildman–Crippen LogP) is 3.02. The van der Waals surface area contributed by atoms with Gasteiger partial charge in [0.25, 0.3) is 0 Å². The Morgan fingerprint density at radius 2 is 1.91 bits per heavy atom. The summed E-state index contributed by atoms with van der Waals surface area (Å²) < 4.78 is 38.2. The van der Waals surface area contributed by atoms with Crippen molar-refractivity contribution in [1.82, 2.24) is 14.4 Å². The molecule has 1 amide bonds. The molecule has 10 nitrogen and oxygen atoms in total. The van der Waals surface area contributed by atoms with E-state index in [0.29, 0.717) is 56.5 Å². The van der Waals surface area contributed by atoms with E-state index < -0.39 is 10.0 Å². The van der Waals surface area contributed by atoms with Gasteiger partial charge in [-0.1, -0.05) is 19.0 Å². The summed E-state index contributed by atoms with van der Waals surface area (Å²) in [6.07, 6.45) is 1.29. The lowest BCUT2D eigenvalue weighted by Crippen LogP contribution is -2.40. The van der Waals surface area contributed by atoms with Crippen molar-refractivity contribution in [3.8, 4) is 0 Å². The van der Waals surface area contributed by atoms with Crippen molar-refractivity contribution in [2.75, 3.05) is 49.6 Å². The SMILES string of the molecule is CCN(CC)c1ccc(S(=O)(=O)N2CCOCC2)cc1NC(=O)CCCc1nc(C(C)C)no1. The van der Waals surface area contributed by atoms with E-state index in [1.54, 1.807) is 18.2 Å². The molecule has 0 unspecified atom stereocenters. The molecule has 3 rings (SSSR count). The van der Waals surface area contributed by atoms with Gasteiger partial charge < -0.3 is 19.5 Å². The fraction of sp³-hybridized carbons (Fsp3) is 0.609. The molecule has 1 aromatic heterocycles. The maximum Gasteiger partial charge on any atom is 0.243 e. The van der Waals surface area contributed by atoms with Crippen molar-refractivity contribution < 1.29 is 22.5 Å². The molecule has 1 fully saturated rings. The predicted molar refractivity (Wildman–Crippen MR) is 130 cm³/mol. The highest BCUT2D eigenvalue weighted by atomic mass is 32.2. The molecule has 2 heterocycles. The second kappa shape index (κ2) is 11.8. The Bertz CT molecular complexity index is 1060. The van der Waals surface area contributed by atoms with Crippen LogP contribution in [0.5, 0.6) is 0 Å². The summed E-state index contributed by atoms with van der Waals surface area (Å²) in [7, 11) is -3.68. The van der Waals surface area contributed by atoms with Crippen molar-refractivity contribution in [2.24, 2.45) is 0 Å². The van der Waals surface area contributed by atoms with Crippen LogP contribution in [0.3, 0.4) is 0 Å². The molecule has 0 saturated carbocycles. The van der Waals surface area contributed by atoms with Gasteiger partial charge >= 0.3 is 0 Å². The van der Waals surface area contributed by atoms with Crippen LogP contribution in [-0.2, 0) is 26.0 Å². The van der Waals surface area contributed by atoms with Crippen LogP contribution in [0.4, 0.5) is 11.4 Å². The van der Waals surface area contributed by atoms with Crippen LogP contribution in [0.2, 0.25) is 0 Å². The molecule has 1 N–H and O–H groups in total. The molecule has 2 aromatic rings. The number of benzene rings is 1. The summed E-state index contributed by atoms with van der Waals surface area (Å²) in [4.78, 5) is 19.3. The number of sulfonamides is 1. The second-order valence-corrected chi connectivity index (χ2v) is 10.4. The monoisotopic (exact) mass is 493 g/mol. The number of rotatable bonds is 11. The van der Waals surface area contributed by atoms with Gasteiger partial charge in [-0.2, -0.15) is 9.29 Å². The highest BCUT2D eigenvalue weighted by molar-refractivity contribution is 7.89. The topological polar surface area (TPSA) is 118 Å². The van der Waals surface area contributed by atoms with Crippen molar-refractivity contribution in [2.45, 2.75) is 57.8 Å². The number of amides is 1. The van der Waals surface area contributed by atoms with Crippen molar-refractivity contribution in [3.63, 3.8) is 0 Å². The first-order chi connectivity index (χ1) is 16.3. The Kier molecular flexibility index (Phi) is 9.03. The molecule has 188 valence electrons. The molecule has 1 aliphatic heterocycles. The number of nitrogens with one attached hydrogen (secondary N) is 1. The molecule has 11 heteroatoms. The zero-order valence-electron chi connectivity index (χ0n) is 20.4. The third-order valence-electron chi connectivity index (χ3n) is 5.75. The molecule has 0 bridgehead atoms. The van der Waals surface area contributed by atoms with Crippen molar-refractivity contribution >= 4 is 27.3 Å². The molecular weight excluding hydrogens is 458 g/mol. The number of nitrogens with zero attached hydrogens (tertiary/aromatic N) is 4. The average molecular weight is 494 g/mol. The number of carbonyl (C=O) groups is 1. The number of aromatic nitrogens is 2. The molecule has 1 saturated heterocycles. The number of anilines is 2. The molecule has 0 spiro atoms. The smallest absolute Gasteiger partial charge is 0.243 e. The number of morpholine rings is 1. The fourth-order valence-corrected chi connectivity index (χ4v) is 5.20. The van der Waals surface area contributed by atoms with Crippen LogP contribution in [0.1, 0.15) is 58.2 Å². The zero-order valence-corrected chi connectivity index (χ0v) is 21.2. The maximum absolute atomic E-state index is 13.1. The molecule has 1 aliphatic rings. The zero-order chi connectivity index (χ0) is 24.7. The van der Waals surface area contributed by atoms with Gasteiger partial charge in [0.1, 0.15) is 0 Å². The number of carbonyl (C=O) groups excluding carboxylic acids is 1. The van der Waals surface area contributed by atoms with Crippen molar-refractivity contribution in [3.05, 3.63) is 29.9 Å². The molecule has 34 heavy (non-hydrogen) atoms. The van der Waals surface area contributed by atoms with Crippen LogP contribution < -0.4 is 10.2 Å². The number of hydrogen-bond acceptors (Lipinski definition) is 8. The summed E-state index contributed by atoms with van der Waals surface area (Å²) in [5.74, 6) is 1.15. The van der Waals surface area contributed by atoms with Gasteiger partial charge in [-0.3, -0.25) is 4.79 Å². The Morgan fingerprint density at radius 3 is 2.53 bits per heavy atom. The lowest BCUT2D eigenvalue weighted by atomic mass is 10.2. The Morgan fingerprint density at radius 1 is 1.21 bits per heavy atom. The van der Waals surface area contributed by atoms with Crippen LogP contribution in [0.15, 0.2) is 27.6 Å². The normalized spacial score (nSPS) is 15.0. The van der Waals surface area contributed by atoms with Gasteiger partial charge in [0.05, 0.1) is 29.5 Å². The Labute approximate surface area is 201 Å². The van der Waals surface area contributed by atoms with Crippen LogP contribution in [0, 0.1) is 0 Å². The number of hydrogen-bond donors (Lipinski definition) is 1. The van der Waals surface area contributed by atoms with Gasteiger partial charge in [-0.05, 0) is 38.5 Å². The third-order valence-corrected chi connectivity index (χ3v) is 7.64. The molecule has 0 aliphatic carbocycles. The molecular formula is C23H35N5O5S. The van der Waals surface area contributed by atoms with E-state index in [4.69, 9.17) is 9.26 Å². The van der Waals surface area contributed by atoms with Gasteiger partial charge in [-0.15, -0.1) is 0 Å². The third kappa shape index (κ3) is 6.34. The molecule has 0 radical (unpaired) electrons. The van der Waals surface area contributed by atoms with E-state index in [1.807, 2.05) is 27.7 Å². The summed E-state index contributed by atoms with van der Waals surface area (Å²) >= 11 is 0. The van der Waals surface area contributed by atoms with Crippen LogP contribution in [0.25, 0.3) is 0 Å². The Balaban J connectivity index is 1.74. The summed E-state index contributed by atoms with van der Waals surface area (Å²) in [6.45, 7) is 10.8. The fourth-order valence-electron chi connectivity index (χ4n) is 3.77. The van der Waals surface area contributed by atoms with Gasteiger partial charge in [0, 0.05) is 44.9 Å².